The van der Waals surface area contributed by atoms with E-state index in [2.05, 4.69) is 13.8 Å². The second-order valence-electron chi connectivity index (χ2n) is 11.6. The number of rotatable bonds is 7. The molecule has 27 heavy (non-hydrogen) atoms. The molecule has 0 unspecified atom stereocenters. The number of hydrogen-bond donors (Lipinski definition) is 0. The van der Waals surface area contributed by atoms with Crippen molar-refractivity contribution in [1.82, 2.24) is 0 Å². The lowest BCUT2D eigenvalue weighted by Gasteiger charge is -2.60. The van der Waals surface area contributed by atoms with Crippen LogP contribution in [0.4, 0.5) is 0 Å². The SMILES string of the molecule is CCCC[C@H]1CC[C@H](C23CCC(C4CCC(CCC)CC4)(CC2)CC3)CC1. The fourth-order valence-corrected chi connectivity index (χ4v) is 8.50. The van der Waals surface area contributed by atoms with Gasteiger partial charge in [-0.3, -0.25) is 0 Å². The van der Waals surface area contributed by atoms with Gasteiger partial charge in [-0.15, -0.1) is 0 Å². The quantitative estimate of drug-likeness (QED) is 0.418. The van der Waals surface area contributed by atoms with Crippen LogP contribution in [0.25, 0.3) is 0 Å². The van der Waals surface area contributed by atoms with Gasteiger partial charge in [0, 0.05) is 0 Å². The van der Waals surface area contributed by atoms with E-state index in [-0.39, 0.29) is 0 Å². The second kappa shape index (κ2) is 8.79. The minimum Gasteiger partial charge on any atom is -0.0654 e. The third-order valence-electron chi connectivity index (χ3n) is 10.5. The first-order valence-electron chi connectivity index (χ1n) is 13.2. The Bertz CT molecular complexity index is 422. The summed E-state index contributed by atoms with van der Waals surface area (Å²) in [5.74, 6) is 4.38. The van der Waals surface area contributed by atoms with Crippen LogP contribution in [-0.2, 0) is 0 Å². The average molecular weight is 373 g/mol. The highest BCUT2D eigenvalue weighted by atomic mass is 14.6. The lowest BCUT2D eigenvalue weighted by molar-refractivity contribution is -0.0959. The molecule has 0 saturated heterocycles. The van der Waals surface area contributed by atoms with Gasteiger partial charge >= 0.3 is 0 Å². The Hall–Kier alpha value is 0. The second-order valence-corrected chi connectivity index (χ2v) is 11.6. The third kappa shape index (κ3) is 4.16. The predicted octanol–water partition coefficient (Wildman–Crippen LogP) is 8.93. The first kappa shape index (κ1) is 20.3. The summed E-state index contributed by atoms with van der Waals surface area (Å²) in [4.78, 5) is 0. The molecule has 0 N–H and O–H groups in total. The van der Waals surface area contributed by atoms with Crippen LogP contribution in [0.5, 0.6) is 0 Å². The molecule has 5 rings (SSSR count). The van der Waals surface area contributed by atoms with Crippen LogP contribution < -0.4 is 0 Å². The van der Waals surface area contributed by atoms with E-state index >= 15 is 0 Å². The molecule has 0 aromatic heterocycles. The molecule has 5 aliphatic rings. The van der Waals surface area contributed by atoms with E-state index in [4.69, 9.17) is 0 Å². The molecule has 2 bridgehead atoms. The molecule has 0 spiro atoms. The first-order chi connectivity index (χ1) is 13.2. The third-order valence-corrected chi connectivity index (χ3v) is 10.5. The monoisotopic (exact) mass is 372 g/mol. The van der Waals surface area contributed by atoms with Crippen molar-refractivity contribution in [2.75, 3.05) is 0 Å². The standard InChI is InChI=1S/C27H48/c1-3-5-7-23-10-14-25(15-11-23)27-19-16-26(17-20-27,18-21-27)24-12-8-22(6-4-2)9-13-24/h22-25H,3-21H2,1-2H3/t22?,23-,24?,25-,26?,27?. The van der Waals surface area contributed by atoms with Crippen LogP contribution in [0.3, 0.4) is 0 Å². The van der Waals surface area contributed by atoms with Crippen molar-refractivity contribution in [1.29, 1.82) is 0 Å². The van der Waals surface area contributed by atoms with Crippen molar-refractivity contribution >= 4 is 0 Å². The van der Waals surface area contributed by atoms with Gasteiger partial charge in [-0.25, -0.2) is 0 Å². The molecule has 156 valence electrons. The Kier molecular flexibility index (Phi) is 6.60. The normalized spacial score (nSPS) is 45.1. The molecule has 5 saturated carbocycles. The van der Waals surface area contributed by atoms with Crippen LogP contribution in [0, 0.1) is 34.5 Å². The highest BCUT2D eigenvalue weighted by Gasteiger charge is 2.54. The van der Waals surface area contributed by atoms with Crippen LogP contribution >= 0.6 is 0 Å². The first-order valence-corrected chi connectivity index (χ1v) is 13.2. The molecule has 5 aliphatic carbocycles. The summed E-state index contributed by atoms with van der Waals surface area (Å²) in [6.45, 7) is 4.74. The summed E-state index contributed by atoms with van der Waals surface area (Å²) in [6.07, 6.45) is 29.6. The molecule has 0 radical (unpaired) electrons. The maximum atomic E-state index is 2.38. The van der Waals surface area contributed by atoms with Gasteiger partial charge in [0.1, 0.15) is 0 Å². The topological polar surface area (TPSA) is 0 Å². The maximum absolute atomic E-state index is 2.38. The zero-order valence-electron chi connectivity index (χ0n) is 18.7. The fraction of sp³-hybridized carbons (Fsp3) is 1.00. The van der Waals surface area contributed by atoms with Crippen molar-refractivity contribution in [2.24, 2.45) is 34.5 Å². The van der Waals surface area contributed by atoms with Crippen molar-refractivity contribution in [2.45, 2.75) is 136 Å². The smallest absolute Gasteiger partial charge is 0.0269 e. The molecule has 0 aliphatic heterocycles. The summed E-state index contributed by atoms with van der Waals surface area (Å²) in [5.41, 5.74) is 1.61. The Morgan fingerprint density at radius 2 is 0.926 bits per heavy atom. The largest absolute Gasteiger partial charge is 0.0654 e. The van der Waals surface area contributed by atoms with Gasteiger partial charge < -0.3 is 0 Å². The maximum Gasteiger partial charge on any atom is -0.0269 e. The van der Waals surface area contributed by atoms with Gasteiger partial charge in [0.15, 0.2) is 0 Å². The van der Waals surface area contributed by atoms with Gasteiger partial charge in [0.2, 0.25) is 0 Å². The minimum absolute atomic E-state index is 0.802. The van der Waals surface area contributed by atoms with E-state index in [9.17, 15) is 0 Å². The highest BCUT2D eigenvalue weighted by Crippen LogP contribution is 2.66. The zero-order chi connectivity index (χ0) is 18.7. The Balaban J connectivity index is 1.28. The Labute approximate surface area is 170 Å². The number of fused-ring (bicyclic) bond motifs is 3. The van der Waals surface area contributed by atoms with Crippen LogP contribution in [0.15, 0.2) is 0 Å². The Morgan fingerprint density at radius 3 is 1.30 bits per heavy atom. The summed E-state index contributed by atoms with van der Waals surface area (Å²) >= 11 is 0. The van der Waals surface area contributed by atoms with Crippen molar-refractivity contribution in [3.63, 3.8) is 0 Å². The van der Waals surface area contributed by atoms with E-state index in [0.29, 0.717) is 0 Å². The van der Waals surface area contributed by atoms with E-state index in [1.165, 1.54) is 32.1 Å². The fourth-order valence-electron chi connectivity index (χ4n) is 8.50. The van der Waals surface area contributed by atoms with Crippen molar-refractivity contribution in [3.05, 3.63) is 0 Å². The van der Waals surface area contributed by atoms with Gasteiger partial charge in [-0.05, 0) is 98.7 Å². The molecule has 5 fully saturated rings. The number of unbranched alkanes of at least 4 members (excludes halogenated alkanes) is 1. The Morgan fingerprint density at radius 1 is 0.519 bits per heavy atom. The highest BCUT2D eigenvalue weighted by molar-refractivity contribution is 5.05. The molecule has 0 atom stereocenters. The molecule has 0 heterocycles. The van der Waals surface area contributed by atoms with E-state index in [0.717, 1.165) is 34.5 Å². The van der Waals surface area contributed by atoms with Gasteiger partial charge in [0.25, 0.3) is 0 Å². The lowest BCUT2D eigenvalue weighted by atomic mass is 9.45. The lowest BCUT2D eigenvalue weighted by Crippen LogP contribution is -2.49. The molecule has 0 nitrogen and oxygen atoms in total. The van der Waals surface area contributed by atoms with Crippen LogP contribution in [0.1, 0.15) is 136 Å². The summed E-state index contributed by atoms with van der Waals surface area (Å²) in [6, 6.07) is 0. The van der Waals surface area contributed by atoms with Crippen LogP contribution in [-0.4, -0.2) is 0 Å². The minimum atomic E-state index is 0.802. The summed E-state index contributed by atoms with van der Waals surface area (Å²) < 4.78 is 0. The summed E-state index contributed by atoms with van der Waals surface area (Å²) in [5, 5.41) is 0. The van der Waals surface area contributed by atoms with E-state index < -0.39 is 0 Å². The van der Waals surface area contributed by atoms with Crippen molar-refractivity contribution < 1.29 is 0 Å². The van der Waals surface area contributed by atoms with Gasteiger partial charge in [0.05, 0.1) is 0 Å². The molecule has 0 aromatic carbocycles. The molecular weight excluding hydrogens is 324 g/mol. The zero-order valence-corrected chi connectivity index (χ0v) is 18.7. The van der Waals surface area contributed by atoms with Gasteiger partial charge in [-0.1, -0.05) is 71.6 Å². The molecule has 0 amide bonds. The van der Waals surface area contributed by atoms with Crippen LogP contribution in [0.2, 0.25) is 0 Å². The average Bonchev–Trinajstić information content (AvgIpc) is 2.75. The van der Waals surface area contributed by atoms with E-state index in [1.807, 2.05) is 0 Å². The van der Waals surface area contributed by atoms with Gasteiger partial charge in [-0.2, -0.15) is 0 Å². The summed E-state index contributed by atoms with van der Waals surface area (Å²) in [7, 11) is 0. The molecule has 0 heteroatoms. The van der Waals surface area contributed by atoms with Crippen molar-refractivity contribution in [3.8, 4) is 0 Å². The molecule has 0 aromatic rings. The molecular formula is C27H48. The number of hydrogen-bond acceptors (Lipinski definition) is 0. The van der Waals surface area contributed by atoms with E-state index in [1.54, 1.807) is 89.9 Å². The predicted molar refractivity (Wildman–Crippen MR) is 118 cm³/mol.